The Kier molecular flexibility index (Phi) is 4.93. The van der Waals surface area contributed by atoms with Crippen LogP contribution >= 0.6 is 0 Å². The third-order valence-electron chi connectivity index (χ3n) is 5.56. The van der Waals surface area contributed by atoms with Gasteiger partial charge in [-0.1, -0.05) is 18.2 Å². The molecule has 3 heterocycles. The van der Waals surface area contributed by atoms with Crippen LogP contribution < -0.4 is 4.90 Å². The number of nitrogens with zero attached hydrogens (tertiary/aromatic N) is 4. The van der Waals surface area contributed by atoms with Crippen molar-refractivity contribution in [3.63, 3.8) is 0 Å². The number of aryl methyl sites for hydroxylation is 1. The predicted molar refractivity (Wildman–Crippen MR) is 116 cm³/mol. The van der Waals surface area contributed by atoms with Gasteiger partial charge in [0.25, 0.3) is 0 Å². The highest BCUT2D eigenvalue weighted by Crippen LogP contribution is 2.28. The molecular weight excluding hydrogens is 379 g/mol. The van der Waals surface area contributed by atoms with Gasteiger partial charge in [0.2, 0.25) is 5.89 Å². The Balaban J connectivity index is 1.26. The molecule has 5 nitrogen and oxygen atoms in total. The lowest BCUT2D eigenvalue weighted by Gasteiger charge is -2.36. The predicted octanol–water partition coefficient (Wildman–Crippen LogP) is 4.66. The molecule has 0 amide bonds. The Labute approximate surface area is 174 Å². The first-order valence-electron chi connectivity index (χ1n) is 10.2. The lowest BCUT2D eigenvalue weighted by Crippen LogP contribution is -2.46. The van der Waals surface area contributed by atoms with Gasteiger partial charge in [0, 0.05) is 55.1 Å². The first kappa shape index (κ1) is 18.8. The van der Waals surface area contributed by atoms with Crippen LogP contribution in [0, 0.1) is 12.7 Å². The Hall–Kier alpha value is -3.25. The Bertz CT molecular complexity index is 1160. The lowest BCUT2D eigenvalue weighted by atomic mass is 10.1. The molecule has 1 fully saturated rings. The molecule has 4 aromatic rings. The maximum Gasteiger partial charge on any atom is 0.226 e. The molecule has 1 aliphatic rings. The Morgan fingerprint density at radius 2 is 1.73 bits per heavy atom. The van der Waals surface area contributed by atoms with Gasteiger partial charge in [0.05, 0.1) is 11.2 Å². The molecule has 0 spiro atoms. The van der Waals surface area contributed by atoms with Crippen LogP contribution in [0.3, 0.4) is 0 Å². The second-order valence-electron chi connectivity index (χ2n) is 7.71. The standard InChI is InChI=1S/C24H23FN4O/c1-17-14-23(21-4-2-3-5-22(21)26-17)29-12-10-28(11-13-29)15-20-16-30-24(27-20)18-6-8-19(25)9-7-18/h2-9,14,16H,10-13,15H2,1H3. The number of para-hydroxylation sites is 1. The van der Waals surface area contributed by atoms with E-state index in [2.05, 4.69) is 51.0 Å². The second-order valence-corrected chi connectivity index (χ2v) is 7.71. The van der Waals surface area contributed by atoms with Gasteiger partial charge in [0.15, 0.2) is 0 Å². The van der Waals surface area contributed by atoms with E-state index < -0.39 is 0 Å². The van der Waals surface area contributed by atoms with Gasteiger partial charge in [0.1, 0.15) is 12.1 Å². The van der Waals surface area contributed by atoms with Crippen molar-refractivity contribution >= 4 is 16.6 Å². The zero-order valence-corrected chi connectivity index (χ0v) is 16.9. The first-order chi connectivity index (χ1) is 14.7. The number of hydrogen-bond donors (Lipinski definition) is 0. The van der Waals surface area contributed by atoms with Crippen LogP contribution in [0.1, 0.15) is 11.4 Å². The number of anilines is 1. The fourth-order valence-electron chi connectivity index (χ4n) is 4.03. The summed E-state index contributed by atoms with van der Waals surface area (Å²) in [4.78, 5) is 14.1. The van der Waals surface area contributed by atoms with Gasteiger partial charge < -0.3 is 9.32 Å². The summed E-state index contributed by atoms with van der Waals surface area (Å²) < 4.78 is 18.7. The first-order valence-corrected chi connectivity index (χ1v) is 10.2. The van der Waals surface area contributed by atoms with Gasteiger partial charge in [-0.25, -0.2) is 9.37 Å². The topological polar surface area (TPSA) is 45.4 Å². The quantitative estimate of drug-likeness (QED) is 0.497. The molecule has 0 unspecified atom stereocenters. The molecule has 2 aromatic carbocycles. The maximum absolute atomic E-state index is 13.1. The van der Waals surface area contributed by atoms with Crippen molar-refractivity contribution in [1.29, 1.82) is 0 Å². The number of aromatic nitrogens is 2. The summed E-state index contributed by atoms with van der Waals surface area (Å²) in [5.41, 5.74) is 5.03. The summed E-state index contributed by atoms with van der Waals surface area (Å²) in [6.07, 6.45) is 1.70. The van der Waals surface area contributed by atoms with Crippen LogP contribution in [0.5, 0.6) is 0 Å². The van der Waals surface area contributed by atoms with E-state index in [9.17, 15) is 4.39 Å². The average molecular weight is 402 g/mol. The van der Waals surface area contributed by atoms with Crippen molar-refractivity contribution in [3.8, 4) is 11.5 Å². The largest absolute Gasteiger partial charge is 0.444 e. The number of pyridine rings is 1. The average Bonchev–Trinajstić information content (AvgIpc) is 3.22. The summed E-state index contributed by atoms with van der Waals surface area (Å²) in [5, 5.41) is 1.21. The van der Waals surface area contributed by atoms with Crippen LogP contribution in [0.2, 0.25) is 0 Å². The molecule has 1 saturated heterocycles. The summed E-state index contributed by atoms with van der Waals surface area (Å²) in [5.74, 6) is 0.267. The minimum Gasteiger partial charge on any atom is -0.444 e. The summed E-state index contributed by atoms with van der Waals surface area (Å²) in [6.45, 7) is 6.61. The van der Waals surface area contributed by atoms with Crippen molar-refractivity contribution in [2.45, 2.75) is 13.5 Å². The zero-order chi connectivity index (χ0) is 20.5. The van der Waals surface area contributed by atoms with Crippen molar-refractivity contribution in [1.82, 2.24) is 14.9 Å². The van der Waals surface area contributed by atoms with E-state index in [0.29, 0.717) is 5.89 Å². The molecule has 30 heavy (non-hydrogen) atoms. The molecule has 152 valence electrons. The SMILES string of the molecule is Cc1cc(N2CCN(Cc3coc(-c4ccc(F)cc4)n3)CC2)c2ccccc2n1. The van der Waals surface area contributed by atoms with Gasteiger partial charge in [-0.05, 0) is 43.3 Å². The Morgan fingerprint density at radius 3 is 2.53 bits per heavy atom. The molecule has 0 radical (unpaired) electrons. The molecule has 0 atom stereocenters. The third kappa shape index (κ3) is 3.78. The fraction of sp³-hybridized carbons (Fsp3) is 0.250. The van der Waals surface area contributed by atoms with Crippen molar-refractivity contribution in [3.05, 3.63) is 78.1 Å². The molecule has 0 aliphatic carbocycles. The van der Waals surface area contributed by atoms with E-state index in [0.717, 1.165) is 55.2 Å². The molecule has 0 N–H and O–H groups in total. The molecular formula is C24H23FN4O. The van der Waals surface area contributed by atoms with Crippen molar-refractivity contribution in [2.24, 2.45) is 0 Å². The lowest BCUT2D eigenvalue weighted by molar-refractivity contribution is 0.247. The maximum atomic E-state index is 13.1. The van der Waals surface area contributed by atoms with Gasteiger partial charge >= 0.3 is 0 Å². The number of benzene rings is 2. The zero-order valence-electron chi connectivity index (χ0n) is 16.9. The number of piperazine rings is 1. The molecule has 0 saturated carbocycles. The van der Waals surface area contributed by atoms with Crippen LogP contribution in [0.15, 0.2) is 65.3 Å². The van der Waals surface area contributed by atoms with E-state index in [1.807, 2.05) is 6.07 Å². The van der Waals surface area contributed by atoms with Crippen molar-refractivity contribution in [2.75, 3.05) is 31.1 Å². The number of rotatable bonds is 4. The highest BCUT2D eigenvalue weighted by atomic mass is 19.1. The van der Waals surface area contributed by atoms with Crippen LogP contribution in [0.25, 0.3) is 22.4 Å². The summed E-state index contributed by atoms with van der Waals surface area (Å²) in [6, 6.07) is 16.7. The van der Waals surface area contributed by atoms with Crippen LogP contribution in [-0.4, -0.2) is 41.0 Å². The molecule has 0 bridgehead atoms. The molecule has 5 rings (SSSR count). The monoisotopic (exact) mass is 402 g/mol. The minimum absolute atomic E-state index is 0.263. The normalized spacial score (nSPS) is 15.1. The van der Waals surface area contributed by atoms with E-state index in [1.54, 1.807) is 18.4 Å². The van der Waals surface area contributed by atoms with Gasteiger partial charge in [-0.3, -0.25) is 9.88 Å². The summed E-state index contributed by atoms with van der Waals surface area (Å²) >= 11 is 0. The van der Waals surface area contributed by atoms with Crippen LogP contribution in [-0.2, 0) is 6.54 Å². The highest BCUT2D eigenvalue weighted by Gasteiger charge is 2.20. The van der Waals surface area contributed by atoms with E-state index in [4.69, 9.17) is 4.42 Å². The number of halogens is 1. The number of oxazole rings is 1. The van der Waals surface area contributed by atoms with Gasteiger partial charge in [-0.2, -0.15) is 0 Å². The molecule has 1 aliphatic heterocycles. The Morgan fingerprint density at radius 1 is 0.967 bits per heavy atom. The van der Waals surface area contributed by atoms with E-state index in [1.165, 1.54) is 23.2 Å². The summed E-state index contributed by atoms with van der Waals surface area (Å²) in [7, 11) is 0. The van der Waals surface area contributed by atoms with Crippen LogP contribution in [0.4, 0.5) is 10.1 Å². The van der Waals surface area contributed by atoms with E-state index in [-0.39, 0.29) is 5.82 Å². The fourth-order valence-corrected chi connectivity index (χ4v) is 4.03. The van der Waals surface area contributed by atoms with Gasteiger partial charge in [-0.15, -0.1) is 0 Å². The molecule has 6 heteroatoms. The van der Waals surface area contributed by atoms with Crippen molar-refractivity contribution < 1.29 is 8.81 Å². The minimum atomic E-state index is -0.263. The third-order valence-corrected chi connectivity index (χ3v) is 5.56. The molecule has 2 aromatic heterocycles. The number of fused-ring (bicyclic) bond motifs is 1. The number of hydrogen-bond acceptors (Lipinski definition) is 5. The second kappa shape index (κ2) is 7.88. The smallest absolute Gasteiger partial charge is 0.226 e. The highest BCUT2D eigenvalue weighted by molar-refractivity contribution is 5.92. The van der Waals surface area contributed by atoms with E-state index >= 15 is 0 Å².